The summed E-state index contributed by atoms with van der Waals surface area (Å²) in [5.74, 6) is -0.748. The zero-order valence-electron chi connectivity index (χ0n) is 19.0. The summed E-state index contributed by atoms with van der Waals surface area (Å²) < 4.78 is 73.6. The Morgan fingerprint density at radius 2 is 1.91 bits per heavy atom. The second kappa shape index (κ2) is 8.51. The third-order valence-electron chi connectivity index (χ3n) is 5.63. The number of aryl methyl sites for hydroxylation is 1. The molecule has 1 fully saturated rings. The lowest BCUT2D eigenvalue weighted by Gasteiger charge is -2.20. The molecule has 4 nitrogen and oxygen atoms in total. The average Bonchev–Trinajstić information content (AvgIpc) is 3.49. The molecule has 2 aromatic heterocycles. The Morgan fingerprint density at radius 3 is 2.52 bits per heavy atom. The first-order valence-corrected chi connectivity index (χ1v) is 12.0. The minimum atomic E-state index is -4.71. The van der Waals surface area contributed by atoms with E-state index in [2.05, 4.69) is 30.5 Å². The summed E-state index contributed by atoms with van der Waals surface area (Å²) in [6, 6.07) is 4.22. The van der Waals surface area contributed by atoms with Crippen molar-refractivity contribution in [2.45, 2.75) is 65.1 Å². The number of hydrogen-bond donors (Lipinski definition) is 1. The highest BCUT2D eigenvalue weighted by Crippen LogP contribution is 2.40. The van der Waals surface area contributed by atoms with Crippen molar-refractivity contribution >= 4 is 21.9 Å². The molecule has 1 unspecified atom stereocenters. The molecule has 0 amide bonds. The van der Waals surface area contributed by atoms with E-state index in [1.807, 2.05) is 10.8 Å². The fraction of sp³-hybridized carbons (Fsp3) is 0.458. The maximum atomic E-state index is 15.3. The number of hydrogen-bond acceptors (Lipinski definition) is 2. The quantitative estimate of drug-likeness (QED) is 0.431. The summed E-state index contributed by atoms with van der Waals surface area (Å²) in [4.78, 5) is 3.52. The third kappa shape index (κ3) is 5.14. The molecule has 9 heteroatoms. The Bertz CT molecular complexity index is 1220. The van der Waals surface area contributed by atoms with Gasteiger partial charge in [-0.1, -0.05) is 20.8 Å². The summed E-state index contributed by atoms with van der Waals surface area (Å²) in [5.41, 5.74) is 0.0859. The fourth-order valence-electron chi connectivity index (χ4n) is 4.02. The van der Waals surface area contributed by atoms with E-state index >= 15 is 4.39 Å². The van der Waals surface area contributed by atoms with Crippen molar-refractivity contribution in [2.24, 2.45) is 5.41 Å². The van der Waals surface area contributed by atoms with E-state index in [0.717, 1.165) is 24.6 Å². The molecule has 1 aliphatic rings. The molecule has 0 saturated heterocycles. The van der Waals surface area contributed by atoms with Crippen LogP contribution >= 0.6 is 0 Å². The van der Waals surface area contributed by atoms with Crippen LogP contribution in [-0.2, 0) is 30.3 Å². The zero-order chi connectivity index (χ0) is 24.1. The van der Waals surface area contributed by atoms with E-state index in [1.165, 1.54) is 25.1 Å². The van der Waals surface area contributed by atoms with Gasteiger partial charge < -0.3 is 4.57 Å². The topological polar surface area (TPSA) is 46.9 Å². The molecule has 0 aliphatic heterocycles. The van der Waals surface area contributed by atoms with Crippen molar-refractivity contribution in [3.8, 4) is 11.1 Å². The fourth-order valence-corrected chi connectivity index (χ4v) is 5.12. The van der Waals surface area contributed by atoms with Gasteiger partial charge in [-0.05, 0) is 54.5 Å². The molecule has 1 atom stereocenters. The van der Waals surface area contributed by atoms with Gasteiger partial charge in [-0.15, -0.1) is 0 Å². The van der Waals surface area contributed by atoms with Crippen LogP contribution in [0.4, 0.5) is 17.6 Å². The molecule has 3 aromatic rings. The van der Waals surface area contributed by atoms with Gasteiger partial charge in [0.05, 0.1) is 11.0 Å². The molecule has 4 rings (SSSR count). The van der Waals surface area contributed by atoms with Gasteiger partial charge >= 0.3 is 6.18 Å². The van der Waals surface area contributed by atoms with Gasteiger partial charge in [-0.3, -0.25) is 4.98 Å². The van der Waals surface area contributed by atoms with Crippen LogP contribution in [0.25, 0.3) is 22.0 Å². The summed E-state index contributed by atoms with van der Waals surface area (Å²) in [7, 11) is -1.16. The van der Waals surface area contributed by atoms with Crippen molar-refractivity contribution in [1.29, 1.82) is 0 Å². The smallest absolute Gasteiger partial charge is 0.347 e. The predicted molar refractivity (Wildman–Crippen MR) is 122 cm³/mol. The van der Waals surface area contributed by atoms with Gasteiger partial charge in [0.25, 0.3) is 0 Å². The first-order valence-electron chi connectivity index (χ1n) is 10.8. The summed E-state index contributed by atoms with van der Waals surface area (Å²) >= 11 is 0. The highest BCUT2D eigenvalue weighted by Gasteiger charge is 2.37. The third-order valence-corrected chi connectivity index (χ3v) is 7.13. The number of nitrogens with zero attached hydrogens (tertiary/aromatic N) is 2. The van der Waals surface area contributed by atoms with Crippen molar-refractivity contribution in [3.63, 3.8) is 0 Å². The molecular weight excluding hydrogens is 454 g/mol. The van der Waals surface area contributed by atoms with E-state index < -0.39 is 28.7 Å². The average molecular weight is 482 g/mol. The number of fused-ring (bicyclic) bond motifs is 1. The van der Waals surface area contributed by atoms with Crippen LogP contribution in [-0.4, -0.2) is 19.0 Å². The van der Waals surface area contributed by atoms with Crippen LogP contribution in [0.2, 0.25) is 0 Å². The van der Waals surface area contributed by atoms with Crippen LogP contribution in [0.3, 0.4) is 0 Å². The van der Waals surface area contributed by atoms with Gasteiger partial charge in [0.15, 0.2) is 5.69 Å². The molecule has 0 bridgehead atoms. The Hall–Kier alpha value is -2.26. The second-order valence-corrected chi connectivity index (χ2v) is 11.4. The molecule has 0 spiro atoms. The maximum Gasteiger partial charge on any atom is 0.433 e. The second-order valence-electron chi connectivity index (χ2n) is 9.86. The van der Waals surface area contributed by atoms with Crippen molar-refractivity contribution in [1.82, 2.24) is 14.3 Å². The van der Waals surface area contributed by atoms with Gasteiger partial charge in [0.2, 0.25) is 0 Å². The molecule has 178 valence electrons. The van der Waals surface area contributed by atoms with Crippen molar-refractivity contribution in [3.05, 3.63) is 53.2 Å². The van der Waals surface area contributed by atoms with Gasteiger partial charge in [0, 0.05) is 52.8 Å². The zero-order valence-corrected chi connectivity index (χ0v) is 19.8. The number of benzene rings is 1. The van der Waals surface area contributed by atoms with E-state index in [4.69, 9.17) is 0 Å². The Morgan fingerprint density at radius 1 is 1.21 bits per heavy atom. The molecule has 1 aromatic carbocycles. The standard InChI is InChI=1S/C24H27F4N3OS/c1-14-7-8-29-22(24(26,27)28)21(14)18-10-20-17(9-19(18)25)15(11-30-33(32)16-5-6-16)12-31(20)13-23(2,3)4/h7-10,12,16,30H,5-6,11,13H2,1-4H3. The number of rotatable bonds is 6. The summed E-state index contributed by atoms with van der Waals surface area (Å²) in [6.07, 6.45) is 0.101. The lowest BCUT2D eigenvalue weighted by Crippen LogP contribution is -2.19. The Balaban J connectivity index is 1.87. The predicted octanol–water partition coefficient (Wildman–Crippen LogP) is 6.13. The molecule has 33 heavy (non-hydrogen) atoms. The van der Waals surface area contributed by atoms with E-state index in [-0.39, 0.29) is 28.3 Å². The molecule has 0 radical (unpaired) electrons. The normalized spacial score (nSPS) is 15.9. The Kier molecular flexibility index (Phi) is 6.16. The summed E-state index contributed by atoms with van der Waals surface area (Å²) in [5, 5.41) is 0.751. The molecule has 2 heterocycles. The number of aromatic nitrogens is 2. The highest BCUT2D eigenvalue weighted by molar-refractivity contribution is 7.83. The Labute approximate surface area is 193 Å². The van der Waals surface area contributed by atoms with Crippen LogP contribution < -0.4 is 4.72 Å². The van der Waals surface area contributed by atoms with Crippen LogP contribution in [0, 0.1) is 18.2 Å². The maximum absolute atomic E-state index is 15.3. The monoisotopic (exact) mass is 481 g/mol. The number of pyridine rings is 1. The van der Waals surface area contributed by atoms with Gasteiger partial charge in [-0.25, -0.2) is 13.3 Å². The number of alkyl halides is 3. The highest BCUT2D eigenvalue weighted by atomic mass is 32.2. The van der Waals surface area contributed by atoms with Gasteiger partial charge in [0.1, 0.15) is 5.82 Å². The molecule has 1 saturated carbocycles. The van der Waals surface area contributed by atoms with Crippen molar-refractivity contribution in [2.75, 3.05) is 0 Å². The first kappa shape index (κ1) is 23.9. The van der Waals surface area contributed by atoms with Crippen LogP contribution in [0.15, 0.2) is 30.6 Å². The number of halogens is 4. The van der Waals surface area contributed by atoms with E-state index in [0.29, 0.717) is 23.0 Å². The molecule has 1 N–H and O–H groups in total. The van der Waals surface area contributed by atoms with Gasteiger partial charge in [-0.2, -0.15) is 13.2 Å². The van der Waals surface area contributed by atoms with Crippen LogP contribution in [0.1, 0.15) is 50.4 Å². The largest absolute Gasteiger partial charge is 0.433 e. The minimum Gasteiger partial charge on any atom is -0.347 e. The lowest BCUT2D eigenvalue weighted by molar-refractivity contribution is -0.140. The molecule has 1 aliphatic carbocycles. The molecular formula is C24H27F4N3OS. The van der Waals surface area contributed by atoms with E-state index in [1.54, 1.807) is 0 Å². The SMILES string of the molecule is Cc1ccnc(C(F)(F)F)c1-c1cc2c(cc1F)c(CNS(=O)C1CC1)cn2CC(C)(C)C. The van der Waals surface area contributed by atoms with Crippen LogP contribution in [0.5, 0.6) is 0 Å². The van der Waals surface area contributed by atoms with Crippen molar-refractivity contribution < 1.29 is 21.8 Å². The number of nitrogens with one attached hydrogen (secondary N) is 1. The summed E-state index contributed by atoms with van der Waals surface area (Å²) in [6.45, 7) is 8.55. The lowest BCUT2D eigenvalue weighted by atomic mass is 9.95. The first-order chi connectivity index (χ1) is 15.3. The minimum absolute atomic E-state index is 0.122. The van der Waals surface area contributed by atoms with E-state index in [9.17, 15) is 17.4 Å².